The van der Waals surface area contributed by atoms with E-state index in [0.29, 0.717) is 30.5 Å². The van der Waals surface area contributed by atoms with E-state index in [1.807, 2.05) is 0 Å². The van der Waals surface area contributed by atoms with Crippen LogP contribution in [0.3, 0.4) is 0 Å². The summed E-state index contributed by atoms with van der Waals surface area (Å²) in [5.41, 5.74) is 6.11. The Morgan fingerprint density at radius 2 is 1.77 bits per heavy atom. The fourth-order valence-corrected chi connectivity index (χ4v) is 5.49. The van der Waals surface area contributed by atoms with Crippen LogP contribution in [0.5, 0.6) is 11.5 Å². The molecule has 3 rings (SSSR count). The monoisotopic (exact) mass is 326 g/mol. The minimum Gasteiger partial charge on any atom is -0.495 e. The van der Waals surface area contributed by atoms with Crippen LogP contribution >= 0.6 is 0 Å². The minimum atomic E-state index is -3.66. The molecular weight excluding hydrogens is 304 g/mol. The number of benzene rings is 1. The normalized spacial score (nSPS) is 28.6. The number of rotatable bonds is 4. The Labute approximate surface area is 131 Å². The third kappa shape index (κ3) is 2.37. The van der Waals surface area contributed by atoms with Gasteiger partial charge in [-0.3, -0.25) is 0 Å². The Kier molecular flexibility index (Phi) is 4.05. The van der Waals surface area contributed by atoms with Crippen LogP contribution < -0.4 is 15.2 Å². The molecule has 1 heterocycles. The Hall–Kier alpha value is -1.31. The van der Waals surface area contributed by atoms with E-state index in [1.54, 1.807) is 18.2 Å². The van der Waals surface area contributed by atoms with Crippen LogP contribution in [0.1, 0.15) is 12.8 Å². The predicted molar refractivity (Wildman–Crippen MR) is 82.5 cm³/mol. The zero-order valence-corrected chi connectivity index (χ0v) is 13.7. The Bertz CT molecular complexity index is 639. The summed E-state index contributed by atoms with van der Waals surface area (Å²) >= 11 is 0. The quantitative estimate of drug-likeness (QED) is 0.895. The smallest absolute Gasteiger partial charge is 0.250 e. The second-order valence-electron chi connectivity index (χ2n) is 5.98. The van der Waals surface area contributed by atoms with Crippen molar-refractivity contribution in [2.45, 2.75) is 23.8 Å². The van der Waals surface area contributed by atoms with E-state index in [0.717, 1.165) is 12.8 Å². The maximum atomic E-state index is 13.1. The van der Waals surface area contributed by atoms with E-state index in [9.17, 15) is 8.42 Å². The highest BCUT2D eigenvalue weighted by Gasteiger charge is 2.46. The fraction of sp³-hybridized carbons (Fsp3) is 0.600. The van der Waals surface area contributed by atoms with Gasteiger partial charge in [0.15, 0.2) is 4.90 Å². The topological polar surface area (TPSA) is 81.9 Å². The van der Waals surface area contributed by atoms with E-state index in [4.69, 9.17) is 15.2 Å². The Balaban J connectivity index is 1.98. The first-order valence-corrected chi connectivity index (χ1v) is 8.89. The molecule has 2 N–H and O–H groups in total. The molecule has 2 fully saturated rings. The van der Waals surface area contributed by atoms with Gasteiger partial charge in [0.25, 0.3) is 0 Å². The Morgan fingerprint density at radius 3 is 2.32 bits per heavy atom. The summed E-state index contributed by atoms with van der Waals surface area (Å²) < 4.78 is 38.1. The summed E-state index contributed by atoms with van der Waals surface area (Å²) in [6, 6.07) is 5.09. The van der Waals surface area contributed by atoms with Gasteiger partial charge in [0.1, 0.15) is 11.5 Å². The number of hydrogen-bond acceptors (Lipinski definition) is 5. The number of nitrogens with two attached hydrogens (primary N) is 1. The van der Waals surface area contributed by atoms with E-state index in [-0.39, 0.29) is 16.9 Å². The summed E-state index contributed by atoms with van der Waals surface area (Å²) in [6.07, 6.45) is 1.99. The van der Waals surface area contributed by atoms with Gasteiger partial charge in [-0.25, -0.2) is 8.42 Å². The highest BCUT2D eigenvalue weighted by atomic mass is 32.2. The third-order valence-corrected chi connectivity index (χ3v) is 6.76. The summed E-state index contributed by atoms with van der Waals surface area (Å²) in [4.78, 5) is 0.105. The van der Waals surface area contributed by atoms with Crippen LogP contribution in [0.2, 0.25) is 0 Å². The lowest BCUT2D eigenvalue weighted by molar-refractivity contribution is 0.366. The lowest BCUT2D eigenvalue weighted by Crippen LogP contribution is -2.33. The van der Waals surface area contributed by atoms with E-state index >= 15 is 0 Å². The van der Waals surface area contributed by atoms with Gasteiger partial charge in [0.05, 0.1) is 14.2 Å². The number of fused-ring (bicyclic) bond motifs is 1. The molecule has 1 saturated heterocycles. The van der Waals surface area contributed by atoms with Crippen molar-refractivity contribution < 1.29 is 17.9 Å². The standard InChI is InChI=1S/C15H22N2O4S/c1-20-13-4-3-5-14(21-2)15(13)22(18,19)17-8-10-6-7-12(16)11(10)9-17/h3-5,10-12H,6-9,16H2,1-2H3. The van der Waals surface area contributed by atoms with Crippen molar-refractivity contribution in [3.05, 3.63) is 18.2 Å². The molecule has 1 aliphatic carbocycles. The van der Waals surface area contributed by atoms with Crippen LogP contribution in [0.15, 0.2) is 23.1 Å². The lowest BCUT2D eigenvalue weighted by atomic mass is 9.98. The summed E-state index contributed by atoms with van der Waals surface area (Å²) in [7, 11) is -0.740. The van der Waals surface area contributed by atoms with Crippen LogP contribution in [0.25, 0.3) is 0 Å². The molecule has 1 aromatic rings. The van der Waals surface area contributed by atoms with Crippen molar-refractivity contribution in [3.8, 4) is 11.5 Å². The third-order valence-electron chi connectivity index (χ3n) is 4.86. The van der Waals surface area contributed by atoms with Crippen molar-refractivity contribution in [2.75, 3.05) is 27.3 Å². The molecule has 1 aliphatic heterocycles. The highest BCUT2D eigenvalue weighted by molar-refractivity contribution is 7.89. The predicted octanol–water partition coefficient (Wildman–Crippen LogP) is 1.06. The second kappa shape index (κ2) is 5.72. The van der Waals surface area contributed by atoms with Crippen molar-refractivity contribution in [1.82, 2.24) is 4.31 Å². The van der Waals surface area contributed by atoms with Gasteiger partial charge in [-0.1, -0.05) is 6.07 Å². The molecule has 2 aliphatic rings. The molecule has 0 radical (unpaired) electrons. The van der Waals surface area contributed by atoms with E-state index in [2.05, 4.69) is 0 Å². The largest absolute Gasteiger partial charge is 0.495 e. The van der Waals surface area contributed by atoms with Gasteiger partial charge in [0, 0.05) is 19.1 Å². The van der Waals surface area contributed by atoms with Gasteiger partial charge < -0.3 is 15.2 Å². The average Bonchev–Trinajstić information content (AvgIpc) is 3.09. The summed E-state index contributed by atoms with van der Waals surface area (Å²) in [5.74, 6) is 1.24. The maximum absolute atomic E-state index is 13.1. The molecule has 0 aromatic heterocycles. The van der Waals surface area contributed by atoms with Gasteiger partial charge in [-0.15, -0.1) is 0 Å². The molecular formula is C15H22N2O4S. The number of hydrogen-bond donors (Lipinski definition) is 1. The summed E-state index contributed by atoms with van der Waals surface area (Å²) in [5, 5.41) is 0. The van der Waals surface area contributed by atoms with Gasteiger partial charge >= 0.3 is 0 Å². The number of sulfonamides is 1. The molecule has 3 atom stereocenters. The van der Waals surface area contributed by atoms with E-state index in [1.165, 1.54) is 18.5 Å². The van der Waals surface area contributed by atoms with Crippen LogP contribution in [0, 0.1) is 11.8 Å². The molecule has 0 amide bonds. The molecule has 6 nitrogen and oxygen atoms in total. The van der Waals surface area contributed by atoms with Crippen LogP contribution in [0.4, 0.5) is 0 Å². The summed E-state index contributed by atoms with van der Waals surface area (Å²) in [6.45, 7) is 1.01. The Morgan fingerprint density at radius 1 is 1.14 bits per heavy atom. The van der Waals surface area contributed by atoms with Gasteiger partial charge in [0.2, 0.25) is 10.0 Å². The molecule has 22 heavy (non-hydrogen) atoms. The van der Waals surface area contributed by atoms with Gasteiger partial charge in [-0.2, -0.15) is 4.31 Å². The molecule has 1 saturated carbocycles. The van der Waals surface area contributed by atoms with Crippen molar-refractivity contribution in [1.29, 1.82) is 0 Å². The SMILES string of the molecule is COc1cccc(OC)c1S(=O)(=O)N1CC2CCC(N)C2C1. The zero-order valence-electron chi connectivity index (χ0n) is 12.9. The van der Waals surface area contributed by atoms with E-state index < -0.39 is 10.0 Å². The molecule has 0 spiro atoms. The maximum Gasteiger partial charge on any atom is 0.250 e. The second-order valence-corrected chi connectivity index (χ2v) is 7.85. The lowest BCUT2D eigenvalue weighted by Gasteiger charge is -2.21. The number of ether oxygens (including phenoxy) is 2. The van der Waals surface area contributed by atoms with Gasteiger partial charge in [-0.05, 0) is 36.8 Å². The van der Waals surface area contributed by atoms with Crippen molar-refractivity contribution in [2.24, 2.45) is 17.6 Å². The first-order chi connectivity index (χ1) is 10.5. The molecule has 122 valence electrons. The molecule has 1 aromatic carbocycles. The van der Waals surface area contributed by atoms with Crippen LogP contribution in [-0.4, -0.2) is 46.1 Å². The first-order valence-electron chi connectivity index (χ1n) is 7.45. The first kappa shape index (κ1) is 15.6. The zero-order chi connectivity index (χ0) is 15.9. The number of nitrogens with zero attached hydrogens (tertiary/aromatic N) is 1. The van der Waals surface area contributed by atoms with Crippen LogP contribution in [-0.2, 0) is 10.0 Å². The molecule has 0 bridgehead atoms. The average molecular weight is 326 g/mol. The molecule has 3 unspecified atom stereocenters. The highest BCUT2D eigenvalue weighted by Crippen LogP contribution is 2.42. The van der Waals surface area contributed by atoms with Crippen molar-refractivity contribution in [3.63, 3.8) is 0 Å². The fourth-order valence-electron chi connectivity index (χ4n) is 3.66. The molecule has 7 heteroatoms. The number of methoxy groups -OCH3 is 2. The van der Waals surface area contributed by atoms with Crippen molar-refractivity contribution >= 4 is 10.0 Å². The minimum absolute atomic E-state index is 0.102.